The summed E-state index contributed by atoms with van der Waals surface area (Å²) >= 11 is 4.31. The third-order valence-electron chi connectivity index (χ3n) is 0. The van der Waals surface area contributed by atoms with Gasteiger partial charge in [-0.2, -0.15) is 0 Å². The van der Waals surface area contributed by atoms with Gasteiger partial charge in [-0.1, -0.05) is 0 Å². The van der Waals surface area contributed by atoms with Crippen LogP contribution in [-0.2, 0) is 91.2 Å². The van der Waals surface area contributed by atoms with E-state index in [4.69, 9.17) is 19.4 Å². The summed E-state index contributed by atoms with van der Waals surface area (Å²) < 4.78 is 35.1. The van der Waals surface area contributed by atoms with E-state index in [0.717, 1.165) is 91.2 Å². The van der Waals surface area contributed by atoms with E-state index in [2.05, 4.69) is 0 Å². The van der Waals surface area contributed by atoms with Crippen molar-refractivity contribution in [1.82, 2.24) is 0 Å². The van der Waals surface area contributed by atoms with E-state index in [1.165, 1.54) is 0 Å². The fraction of sp³-hybridized carbons (Fsp3) is 0. The molecule has 0 rings (SSSR count). The van der Waals surface area contributed by atoms with Crippen LogP contribution in [0.4, 0.5) is 0 Å². The van der Waals surface area contributed by atoms with Gasteiger partial charge in [-0.25, -0.2) is 0 Å². The van der Waals surface area contributed by atoms with Crippen molar-refractivity contribution < 1.29 is 91.2 Å². The SMILES string of the molecule is [CH3-].[CH3-].[CH3-].[CH3-].[CH3-].[CH3-].[CH3-].[CH3-].[CH3-].[CH3-].[CH3-].[CH3-].[CH3-].[CH3-].[CH3-].[CH3-].[CH3-].[CH3-].[CH3-].[CH3-].[CH3-].[CH3-].[CH3-].[CH3-].[CH3-].[N]#[Os].[N]#[Os].[N]#[Os].[N]#[Os].[N]#[Os]. The number of nitrogens with zero attached hydrogens (tertiary/aromatic N) is 5. The molecule has 0 radical (unpaired) electrons. The van der Waals surface area contributed by atoms with Gasteiger partial charge in [0.25, 0.3) is 0 Å². The van der Waals surface area contributed by atoms with E-state index >= 15 is 0 Å². The molecule has 0 aliphatic heterocycles. The van der Waals surface area contributed by atoms with Crippen molar-refractivity contribution in [3.63, 3.8) is 0 Å². The van der Waals surface area contributed by atoms with Crippen LogP contribution in [0.15, 0.2) is 0 Å². The Balaban J connectivity index is -0.000000000271. The fourth-order valence-corrected chi connectivity index (χ4v) is 0. The zero-order valence-corrected chi connectivity index (χ0v) is 41.7. The molecule has 35 heavy (non-hydrogen) atoms. The predicted octanol–water partition coefficient (Wildman–Crippen LogP) is 11.3. The molecule has 0 bridgehead atoms. The van der Waals surface area contributed by atoms with Crippen molar-refractivity contribution in [2.24, 2.45) is 0 Å². The third-order valence-corrected chi connectivity index (χ3v) is 0. The molecule has 0 saturated carbocycles. The van der Waals surface area contributed by atoms with E-state index in [-0.39, 0.29) is 186 Å². The van der Waals surface area contributed by atoms with E-state index in [1.54, 1.807) is 0 Å². The van der Waals surface area contributed by atoms with E-state index in [1.807, 2.05) is 0 Å². The van der Waals surface area contributed by atoms with Crippen LogP contribution in [0.25, 0.3) is 0 Å². The average molecular weight is 1400 g/mol. The summed E-state index contributed by atoms with van der Waals surface area (Å²) in [5.41, 5.74) is 0. The van der Waals surface area contributed by atoms with Crippen molar-refractivity contribution in [3.05, 3.63) is 186 Å². The first-order valence-corrected chi connectivity index (χ1v) is 6.47. The normalized spacial score (nSPS) is 0.429. The van der Waals surface area contributed by atoms with Gasteiger partial charge in [-0.3, -0.25) is 0 Å². The summed E-state index contributed by atoms with van der Waals surface area (Å²) in [5, 5.41) is 0. The molecule has 0 amide bonds. The first kappa shape index (κ1) is 1030. The van der Waals surface area contributed by atoms with Crippen molar-refractivity contribution in [3.8, 4) is 0 Å². The molecular formula is C25H75N5Os5-25. The second kappa shape index (κ2) is 14400. The topological polar surface area (TPSA) is 119 Å². The summed E-state index contributed by atoms with van der Waals surface area (Å²) in [6.45, 7) is 0. The second-order valence-electron chi connectivity index (χ2n) is 0. The Hall–Kier alpha value is 1.73. The number of hydrogen-bond acceptors (Lipinski definition) is 5. The van der Waals surface area contributed by atoms with Crippen LogP contribution in [0.3, 0.4) is 0 Å². The molecule has 0 spiro atoms. The van der Waals surface area contributed by atoms with Crippen molar-refractivity contribution in [2.75, 3.05) is 0 Å². The Morgan fingerprint density at radius 2 is 0.114 bits per heavy atom. The predicted molar refractivity (Wildman–Crippen MR) is 169 cm³/mol. The van der Waals surface area contributed by atoms with Crippen molar-refractivity contribution in [2.45, 2.75) is 0 Å². The van der Waals surface area contributed by atoms with Gasteiger partial charge >= 0.3 is 111 Å². The molecule has 0 aliphatic rings. The summed E-state index contributed by atoms with van der Waals surface area (Å²) in [6, 6.07) is 0. The Morgan fingerprint density at radius 1 is 0.114 bits per heavy atom. The van der Waals surface area contributed by atoms with Crippen molar-refractivity contribution >= 4 is 0 Å². The van der Waals surface area contributed by atoms with Gasteiger partial charge in [0.2, 0.25) is 0 Å². The maximum atomic E-state index is 7.03. The maximum absolute atomic E-state index is 7.03. The monoisotopic (exact) mass is 1410 g/mol. The zero-order chi connectivity index (χ0) is 10.0. The van der Waals surface area contributed by atoms with Gasteiger partial charge in [0.15, 0.2) is 0 Å². The molecule has 0 fully saturated rings. The molecule has 0 saturated heterocycles. The Kier molecular flexibility index (Phi) is 425000. The van der Waals surface area contributed by atoms with Gasteiger partial charge in [0.05, 0.1) is 0 Å². The van der Waals surface area contributed by atoms with E-state index in [9.17, 15) is 0 Å². The van der Waals surface area contributed by atoms with Gasteiger partial charge < -0.3 is 186 Å². The Bertz CT molecular complexity index is 98.8. The third kappa shape index (κ3) is 13600. The van der Waals surface area contributed by atoms with Crippen LogP contribution in [0, 0.1) is 205 Å². The molecule has 10 heteroatoms. The summed E-state index contributed by atoms with van der Waals surface area (Å²) in [6.07, 6.45) is 0. The molecular weight excluding hydrogens is 1320 g/mol. The van der Waals surface area contributed by atoms with Gasteiger partial charge in [-0.05, 0) is 0 Å². The van der Waals surface area contributed by atoms with E-state index < -0.39 is 0 Å². The molecule has 5 nitrogen and oxygen atoms in total. The zero-order valence-electron chi connectivity index (χ0n) is 29.0. The fourth-order valence-electron chi connectivity index (χ4n) is 0. The van der Waals surface area contributed by atoms with Crippen LogP contribution in [-0.4, -0.2) is 0 Å². The number of rotatable bonds is 0. The second-order valence-corrected chi connectivity index (χ2v) is 0. The first-order chi connectivity index (χ1) is 5.00. The van der Waals surface area contributed by atoms with E-state index in [0.29, 0.717) is 0 Å². The molecule has 0 heterocycles. The molecule has 265 valence electrons. The first-order valence-electron chi connectivity index (χ1n) is 0.791. The minimum atomic E-state index is 0. The van der Waals surface area contributed by atoms with Crippen LogP contribution in [0.5, 0.6) is 0 Å². The summed E-state index contributed by atoms with van der Waals surface area (Å²) in [7, 11) is 0. The number of hydrogen-bond donors (Lipinski definition) is 0. The quantitative estimate of drug-likeness (QED) is 0.224. The van der Waals surface area contributed by atoms with Gasteiger partial charge in [0.1, 0.15) is 0 Å². The van der Waals surface area contributed by atoms with Crippen LogP contribution >= 0.6 is 0 Å². The molecule has 0 aromatic rings. The molecule has 0 unspecified atom stereocenters. The summed E-state index contributed by atoms with van der Waals surface area (Å²) in [5.74, 6) is 0. The average Bonchev–Trinajstić information content (AvgIpc) is 2.20. The standard InChI is InChI=1S/25CH3.5N.5Os/h25*1H3;;;;;;;;;;/q25*-1;;;;;;;;;;. The van der Waals surface area contributed by atoms with Crippen LogP contribution < -0.4 is 0 Å². The van der Waals surface area contributed by atoms with Crippen molar-refractivity contribution in [1.29, 1.82) is 19.4 Å². The molecule has 0 aliphatic carbocycles. The van der Waals surface area contributed by atoms with Gasteiger partial charge in [-0.15, -0.1) is 0 Å². The van der Waals surface area contributed by atoms with Gasteiger partial charge in [0, 0.05) is 0 Å². The van der Waals surface area contributed by atoms with Crippen LogP contribution in [0.1, 0.15) is 0 Å². The minimum absolute atomic E-state index is 0. The molecule has 0 N–H and O–H groups in total. The molecule has 0 atom stereocenters. The molecule has 0 aromatic heterocycles. The Morgan fingerprint density at radius 3 is 0.114 bits per heavy atom. The summed E-state index contributed by atoms with van der Waals surface area (Å²) in [4.78, 5) is 0. The Labute approximate surface area is 293 Å². The van der Waals surface area contributed by atoms with Crippen LogP contribution in [0.2, 0.25) is 0 Å². The molecule has 0 aromatic carbocycles.